The minimum atomic E-state index is -0.199. The summed E-state index contributed by atoms with van der Waals surface area (Å²) in [5.41, 5.74) is 2.59. The number of hydrogen-bond acceptors (Lipinski definition) is 5. The molecule has 0 bridgehead atoms. The number of methoxy groups -OCH3 is 1. The average molecular weight is 441 g/mol. The van der Waals surface area contributed by atoms with Crippen molar-refractivity contribution in [3.8, 4) is 22.7 Å². The number of amides is 1. The molecule has 8 heteroatoms. The SMILES string of the molecule is COc1cccc(-c2cc(C(=O)NCCN3CCOCC3)n(-c3ccccc3Cl)n2)c1. The number of rotatable bonds is 7. The van der Waals surface area contributed by atoms with Crippen LogP contribution >= 0.6 is 11.6 Å². The molecule has 2 heterocycles. The standard InChI is InChI=1S/C23H25ClN4O3/c1-30-18-6-4-5-17(15-18)20-16-22(28(26-20)21-8-3-2-7-19(21)24)23(29)25-9-10-27-11-13-31-14-12-27/h2-8,15-16H,9-14H2,1H3,(H,25,29). The first kappa shape index (κ1) is 21.4. The van der Waals surface area contributed by atoms with E-state index in [-0.39, 0.29) is 5.91 Å². The summed E-state index contributed by atoms with van der Waals surface area (Å²) in [5.74, 6) is 0.524. The first-order chi connectivity index (χ1) is 15.2. The first-order valence-electron chi connectivity index (χ1n) is 10.2. The largest absolute Gasteiger partial charge is 0.497 e. The molecule has 1 aromatic heterocycles. The van der Waals surface area contributed by atoms with E-state index in [1.165, 1.54) is 0 Å². The molecule has 0 saturated carbocycles. The lowest BCUT2D eigenvalue weighted by atomic mass is 10.1. The van der Waals surface area contributed by atoms with Crippen molar-refractivity contribution in [3.05, 3.63) is 65.3 Å². The summed E-state index contributed by atoms with van der Waals surface area (Å²) in [4.78, 5) is 15.4. The highest BCUT2D eigenvalue weighted by molar-refractivity contribution is 6.32. The van der Waals surface area contributed by atoms with Crippen LogP contribution in [0.4, 0.5) is 0 Å². The summed E-state index contributed by atoms with van der Waals surface area (Å²) < 4.78 is 12.3. The molecule has 0 radical (unpaired) electrons. The maximum Gasteiger partial charge on any atom is 0.270 e. The Morgan fingerprint density at radius 2 is 1.97 bits per heavy atom. The molecule has 2 aromatic carbocycles. The zero-order chi connectivity index (χ0) is 21.6. The van der Waals surface area contributed by atoms with Crippen LogP contribution < -0.4 is 10.1 Å². The molecule has 1 fully saturated rings. The summed E-state index contributed by atoms with van der Waals surface area (Å²) >= 11 is 6.41. The zero-order valence-corrected chi connectivity index (χ0v) is 18.1. The third-order valence-electron chi connectivity index (χ3n) is 5.21. The summed E-state index contributed by atoms with van der Waals surface area (Å²) in [7, 11) is 1.62. The molecule has 31 heavy (non-hydrogen) atoms. The fourth-order valence-electron chi connectivity index (χ4n) is 3.52. The Balaban J connectivity index is 1.60. The van der Waals surface area contributed by atoms with Gasteiger partial charge in [0.2, 0.25) is 0 Å². The molecule has 4 rings (SSSR count). The van der Waals surface area contributed by atoms with Gasteiger partial charge in [-0.3, -0.25) is 9.69 Å². The fourth-order valence-corrected chi connectivity index (χ4v) is 3.73. The van der Waals surface area contributed by atoms with Gasteiger partial charge >= 0.3 is 0 Å². The van der Waals surface area contributed by atoms with Gasteiger partial charge in [-0.2, -0.15) is 5.10 Å². The minimum Gasteiger partial charge on any atom is -0.497 e. The average Bonchev–Trinajstić information content (AvgIpc) is 3.25. The highest BCUT2D eigenvalue weighted by atomic mass is 35.5. The Kier molecular flexibility index (Phi) is 6.86. The van der Waals surface area contributed by atoms with Crippen molar-refractivity contribution in [1.29, 1.82) is 0 Å². The van der Waals surface area contributed by atoms with Gasteiger partial charge in [0, 0.05) is 31.7 Å². The maximum atomic E-state index is 13.1. The number of para-hydroxylation sites is 1. The number of hydrogen-bond donors (Lipinski definition) is 1. The van der Waals surface area contributed by atoms with Gasteiger partial charge in [-0.05, 0) is 30.3 Å². The molecule has 1 amide bonds. The number of carbonyl (C=O) groups excluding carboxylic acids is 1. The number of ether oxygens (including phenoxy) is 2. The van der Waals surface area contributed by atoms with E-state index in [1.54, 1.807) is 23.9 Å². The molecule has 3 aromatic rings. The van der Waals surface area contributed by atoms with Gasteiger partial charge in [-0.25, -0.2) is 4.68 Å². The van der Waals surface area contributed by atoms with Crippen LogP contribution in [-0.2, 0) is 4.74 Å². The number of benzene rings is 2. The topological polar surface area (TPSA) is 68.6 Å². The van der Waals surface area contributed by atoms with E-state index in [1.807, 2.05) is 42.5 Å². The minimum absolute atomic E-state index is 0.199. The van der Waals surface area contributed by atoms with E-state index < -0.39 is 0 Å². The molecule has 7 nitrogen and oxygen atoms in total. The molecule has 0 atom stereocenters. The van der Waals surface area contributed by atoms with Gasteiger partial charge in [0.05, 0.1) is 36.7 Å². The molecule has 1 saturated heterocycles. The van der Waals surface area contributed by atoms with Crippen LogP contribution in [0.15, 0.2) is 54.6 Å². The smallest absolute Gasteiger partial charge is 0.270 e. The van der Waals surface area contributed by atoms with E-state index in [2.05, 4.69) is 10.2 Å². The zero-order valence-electron chi connectivity index (χ0n) is 17.4. The molecular formula is C23H25ClN4O3. The van der Waals surface area contributed by atoms with Crippen molar-refractivity contribution >= 4 is 17.5 Å². The van der Waals surface area contributed by atoms with E-state index in [4.69, 9.17) is 26.2 Å². The van der Waals surface area contributed by atoms with Gasteiger partial charge < -0.3 is 14.8 Å². The van der Waals surface area contributed by atoms with Crippen LogP contribution in [0.3, 0.4) is 0 Å². The second kappa shape index (κ2) is 9.96. The monoisotopic (exact) mass is 440 g/mol. The number of nitrogens with zero attached hydrogens (tertiary/aromatic N) is 3. The number of nitrogens with one attached hydrogen (secondary N) is 1. The van der Waals surface area contributed by atoms with Crippen molar-refractivity contribution in [2.24, 2.45) is 0 Å². The number of aromatic nitrogens is 2. The predicted molar refractivity (Wildman–Crippen MR) is 120 cm³/mol. The fraction of sp³-hybridized carbons (Fsp3) is 0.304. The Morgan fingerprint density at radius 1 is 1.16 bits per heavy atom. The Morgan fingerprint density at radius 3 is 2.74 bits per heavy atom. The van der Waals surface area contributed by atoms with E-state index in [0.717, 1.165) is 44.2 Å². The van der Waals surface area contributed by atoms with E-state index in [9.17, 15) is 4.79 Å². The normalized spacial score (nSPS) is 14.4. The van der Waals surface area contributed by atoms with Gasteiger partial charge in [0.15, 0.2) is 0 Å². The third kappa shape index (κ3) is 5.07. The highest BCUT2D eigenvalue weighted by Gasteiger charge is 2.19. The van der Waals surface area contributed by atoms with Gasteiger partial charge in [-0.1, -0.05) is 35.9 Å². The van der Waals surface area contributed by atoms with Crippen LogP contribution in [0.25, 0.3) is 16.9 Å². The van der Waals surface area contributed by atoms with Crippen molar-refractivity contribution < 1.29 is 14.3 Å². The second-order valence-corrected chi connectivity index (χ2v) is 7.63. The summed E-state index contributed by atoms with van der Waals surface area (Å²) in [6.07, 6.45) is 0. The number of halogens is 1. The molecular weight excluding hydrogens is 416 g/mol. The van der Waals surface area contributed by atoms with E-state index >= 15 is 0 Å². The summed E-state index contributed by atoms with van der Waals surface area (Å²) in [5, 5.41) is 8.23. The number of carbonyl (C=O) groups is 1. The van der Waals surface area contributed by atoms with Gasteiger partial charge in [-0.15, -0.1) is 0 Å². The van der Waals surface area contributed by atoms with Crippen LogP contribution in [0.2, 0.25) is 5.02 Å². The Bertz CT molecular complexity index is 1050. The van der Waals surface area contributed by atoms with Crippen LogP contribution in [0.1, 0.15) is 10.5 Å². The van der Waals surface area contributed by atoms with Crippen LogP contribution in [0, 0.1) is 0 Å². The Hall–Kier alpha value is -2.87. The Labute approximate surface area is 186 Å². The van der Waals surface area contributed by atoms with Gasteiger partial charge in [0.25, 0.3) is 5.91 Å². The molecule has 0 aliphatic carbocycles. The maximum absolute atomic E-state index is 13.1. The molecule has 1 aliphatic heterocycles. The molecule has 1 aliphatic rings. The highest BCUT2D eigenvalue weighted by Crippen LogP contribution is 2.27. The van der Waals surface area contributed by atoms with Crippen molar-refractivity contribution in [3.63, 3.8) is 0 Å². The van der Waals surface area contributed by atoms with Crippen LogP contribution in [0.5, 0.6) is 5.75 Å². The van der Waals surface area contributed by atoms with Crippen molar-refractivity contribution in [2.75, 3.05) is 46.5 Å². The summed E-state index contributed by atoms with van der Waals surface area (Å²) in [6, 6.07) is 16.7. The van der Waals surface area contributed by atoms with Crippen LogP contribution in [-0.4, -0.2) is 67.1 Å². The molecule has 0 unspecified atom stereocenters. The molecule has 162 valence electrons. The first-order valence-corrected chi connectivity index (χ1v) is 10.6. The lowest BCUT2D eigenvalue weighted by Crippen LogP contribution is -2.41. The predicted octanol–water partition coefficient (Wildman–Crippen LogP) is 3.26. The lowest BCUT2D eigenvalue weighted by Gasteiger charge is -2.26. The van der Waals surface area contributed by atoms with E-state index in [0.29, 0.717) is 28.6 Å². The summed E-state index contributed by atoms with van der Waals surface area (Å²) in [6.45, 7) is 4.55. The van der Waals surface area contributed by atoms with Gasteiger partial charge in [0.1, 0.15) is 11.4 Å². The number of morpholine rings is 1. The third-order valence-corrected chi connectivity index (χ3v) is 5.53. The van der Waals surface area contributed by atoms with Crippen molar-refractivity contribution in [2.45, 2.75) is 0 Å². The lowest BCUT2D eigenvalue weighted by molar-refractivity contribution is 0.0383. The molecule has 0 spiro atoms. The quantitative estimate of drug-likeness (QED) is 0.610. The second-order valence-electron chi connectivity index (χ2n) is 7.22. The van der Waals surface area contributed by atoms with Crippen molar-refractivity contribution in [1.82, 2.24) is 20.0 Å². The molecule has 1 N–H and O–H groups in total.